The maximum atomic E-state index is 9.65. The molecular weight excluding hydrogens is 302 g/mol. The third-order valence-corrected chi connectivity index (χ3v) is 4.13. The number of nitrogens with one attached hydrogen (secondary N) is 1. The Labute approximate surface area is 145 Å². The lowest BCUT2D eigenvalue weighted by molar-refractivity contribution is 0.134. The van der Waals surface area contributed by atoms with Crippen LogP contribution in [-0.2, 0) is 11.2 Å². The van der Waals surface area contributed by atoms with Crippen LogP contribution in [0.25, 0.3) is 0 Å². The Bertz CT molecular complexity index is 479. The van der Waals surface area contributed by atoms with E-state index in [1.807, 2.05) is 6.07 Å². The molecule has 1 aliphatic rings. The zero-order valence-corrected chi connectivity index (χ0v) is 14.8. The molecular formula is C19H31N3O2. The van der Waals surface area contributed by atoms with Gasteiger partial charge in [-0.2, -0.15) is 0 Å². The highest BCUT2D eigenvalue weighted by Gasteiger charge is 2.22. The van der Waals surface area contributed by atoms with Gasteiger partial charge in [0, 0.05) is 32.8 Å². The Morgan fingerprint density at radius 2 is 2.12 bits per heavy atom. The number of β-amino-alcohol motifs (C(OH)–C–C–N with tert-alkyl or cyclic N) is 1. The van der Waals surface area contributed by atoms with Crippen LogP contribution in [0.3, 0.4) is 0 Å². The molecule has 0 radical (unpaired) electrons. The van der Waals surface area contributed by atoms with Crippen LogP contribution >= 0.6 is 0 Å². The van der Waals surface area contributed by atoms with Gasteiger partial charge in [-0.25, -0.2) is 0 Å². The van der Waals surface area contributed by atoms with Crippen molar-refractivity contribution in [2.45, 2.75) is 38.7 Å². The normalized spacial score (nSPS) is 18.2. The molecule has 0 saturated carbocycles. The van der Waals surface area contributed by atoms with Gasteiger partial charge in [0.1, 0.15) is 0 Å². The second-order valence-electron chi connectivity index (χ2n) is 6.18. The molecule has 24 heavy (non-hydrogen) atoms. The fourth-order valence-electron chi connectivity index (χ4n) is 2.80. The summed E-state index contributed by atoms with van der Waals surface area (Å²) in [5.74, 6) is 0.930. The molecule has 1 atom stereocenters. The van der Waals surface area contributed by atoms with E-state index in [-0.39, 0.29) is 6.10 Å². The Balaban J connectivity index is 1.55. The molecule has 0 amide bonds. The number of nitrogens with zero attached hydrogens (tertiary/aromatic N) is 2. The largest absolute Gasteiger partial charge is 0.391 e. The van der Waals surface area contributed by atoms with Crippen molar-refractivity contribution in [1.82, 2.24) is 10.2 Å². The summed E-state index contributed by atoms with van der Waals surface area (Å²) in [4.78, 5) is 6.80. The average Bonchev–Trinajstić information content (AvgIpc) is 3.03. The van der Waals surface area contributed by atoms with Gasteiger partial charge in [0.15, 0.2) is 5.96 Å². The van der Waals surface area contributed by atoms with E-state index in [4.69, 9.17) is 4.74 Å². The summed E-state index contributed by atoms with van der Waals surface area (Å²) < 4.78 is 5.70. The number of ether oxygens (including phenoxy) is 1. The second-order valence-corrected chi connectivity index (χ2v) is 6.18. The SMILES string of the molecule is CCNC(=NCCCCOCCc1ccccc1)N1CC[C@@H](O)C1. The van der Waals surface area contributed by atoms with E-state index in [0.29, 0.717) is 6.54 Å². The van der Waals surface area contributed by atoms with E-state index in [1.54, 1.807) is 0 Å². The number of hydrogen-bond donors (Lipinski definition) is 2. The lowest BCUT2D eigenvalue weighted by Gasteiger charge is -2.20. The smallest absolute Gasteiger partial charge is 0.194 e. The molecule has 0 spiro atoms. The number of rotatable bonds is 9. The van der Waals surface area contributed by atoms with E-state index in [9.17, 15) is 5.11 Å². The number of likely N-dealkylation sites (tertiary alicyclic amines) is 1. The zero-order valence-electron chi connectivity index (χ0n) is 14.8. The molecule has 2 N–H and O–H groups in total. The predicted molar refractivity (Wildman–Crippen MR) is 98.4 cm³/mol. The summed E-state index contributed by atoms with van der Waals surface area (Å²) in [7, 11) is 0. The number of hydrogen-bond acceptors (Lipinski definition) is 3. The van der Waals surface area contributed by atoms with Crippen molar-refractivity contribution in [3.05, 3.63) is 35.9 Å². The van der Waals surface area contributed by atoms with Crippen LogP contribution in [0.5, 0.6) is 0 Å². The first kappa shape index (κ1) is 18.7. The molecule has 0 unspecified atom stereocenters. The van der Waals surface area contributed by atoms with Gasteiger partial charge in [0.05, 0.1) is 12.7 Å². The zero-order chi connectivity index (χ0) is 17.0. The highest BCUT2D eigenvalue weighted by atomic mass is 16.5. The Hall–Kier alpha value is -1.59. The monoisotopic (exact) mass is 333 g/mol. The quantitative estimate of drug-likeness (QED) is 0.413. The number of benzene rings is 1. The highest BCUT2D eigenvalue weighted by Crippen LogP contribution is 2.09. The molecule has 2 rings (SSSR count). The predicted octanol–water partition coefficient (Wildman–Crippen LogP) is 2.06. The molecule has 1 fully saturated rings. The molecule has 0 aromatic heterocycles. The van der Waals surface area contributed by atoms with Crippen LogP contribution in [-0.4, -0.2) is 61.5 Å². The van der Waals surface area contributed by atoms with E-state index >= 15 is 0 Å². The molecule has 5 heteroatoms. The molecule has 1 saturated heterocycles. The summed E-state index contributed by atoms with van der Waals surface area (Å²) in [6, 6.07) is 10.4. The summed E-state index contributed by atoms with van der Waals surface area (Å²) in [6.45, 7) is 6.88. The third-order valence-electron chi connectivity index (χ3n) is 4.13. The van der Waals surface area contributed by atoms with Crippen molar-refractivity contribution in [2.75, 3.05) is 39.4 Å². The minimum Gasteiger partial charge on any atom is -0.391 e. The van der Waals surface area contributed by atoms with Crippen LogP contribution in [0.2, 0.25) is 0 Å². The van der Waals surface area contributed by atoms with Crippen molar-refractivity contribution >= 4 is 5.96 Å². The molecule has 1 heterocycles. The van der Waals surface area contributed by atoms with Gasteiger partial charge >= 0.3 is 0 Å². The Morgan fingerprint density at radius 1 is 1.29 bits per heavy atom. The Morgan fingerprint density at radius 3 is 2.83 bits per heavy atom. The first-order chi connectivity index (χ1) is 11.8. The summed E-state index contributed by atoms with van der Waals surface area (Å²) in [6.07, 6.45) is 3.64. The number of aliphatic hydroxyl groups is 1. The van der Waals surface area contributed by atoms with Gasteiger partial charge in [-0.15, -0.1) is 0 Å². The van der Waals surface area contributed by atoms with Crippen LogP contribution in [0.4, 0.5) is 0 Å². The van der Waals surface area contributed by atoms with E-state index < -0.39 is 0 Å². The number of guanidine groups is 1. The van der Waals surface area contributed by atoms with Crippen molar-refractivity contribution in [3.8, 4) is 0 Å². The van der Waals surface area contributed by atoms with Crippen LogP contribution < -0.4 is 5.32 Å². The molecule has 1 aromatic rings. The maximum absolute atomic E-state index is 9.65. The first-order valence-electron chi connectivity index (χ1n) is 9.12. The Kier molecular flexibility index (Phi) is 8.63. The van der Waals surface area contributed by atoms with Gasteiger partial charge in [-0.1, -0.05) is 30.3 Å². The molecule has 1 aromatic carbocycles. The van der Waals surface area contributed by atoms with Gasteiger partial charge in [-0.3, -0.25) is 4.99 Å². The minimum absolute atomic E-state index is 0.216. The second kappa shape index (κ2) is 11.0. The van der Waals surface area contributed by atoms with Crippen LogP contribution in [0.15, 0.2) is 35.3 Å². The van der Waals surface area contributed by atoms with Crippen molar-refractivity contribution in [3.63, 3.8) is 0 Å². The molecule has 0 bridgehead atoms. The highest BCUT2D eigenvalue weighted by molar-refractivity contribution is 5.80. The molecule has 0 aliphatic carbocycles. The van der Waals surface area contributed by atoms with Crippen molar-refractivity contribution < 1.29 is 9.84 Å². The van der Waals surface area contributed by atoms with E-state index in [0.717, 1.165) is 64.5 Å². The van der Waals surface area contributed by atoms with Gasteiger partial charge in [0.2, 0.25) is 0 Å². The fourth-order valence-corrected chi connectivity index (χ4v) is 2.80. The van der Waals surface area contributed by atoms with Gasteiger partial charge in [0.25, 0.3) is 0 Å². The molecule has 5 nitrogen and oxygen atoms in total. The standard InChI is InChI=1S/C19H31N3O2/c1-2-20-19(22-13-10-18(23)16-22)21-12-6-7-14-24-15-11-17-8-4-3-5-9-17/h3-5,8-9,18,23H,2,6-7,10-16H2,1H3,(H,20,21)/t18-/m1/s1. The van der Waals surface area contributed by atoms with Gasteiger partial charge < -0.3 is 20.1 Å². The van der Waals surface area contributed by atoms with E-state index in [1.165, 1.54) is 5.56 Å². The summed E-state index contributed by atoms with van der Waals surface area (Å²) in [5.41, 5.74) is 1.32. The van der Waals surface area contributed by atoms with Crippen LogP contribution in [0.1, 0.15) is 31.7 Å². The number of aliphatic hydroxyl groups excluding tert-OH is 1. The van der Waals surface area contributed by atoms with E-state index in [2.05, 4.69) is 46.4 Å². The molecule has 1 aliphatic heterocycles. The molecule has 134 valence electrons. The van der Waals surface area contributed by atoms with Gasteiger partial charge in [-0.05, 0) is 38.2 Å². The minimum atomic E-state index is -0.216. The summed E-state index contributed by atoms with van der Waals surface area (Å²) in [5, 5.41) is 13.0. The topological polar surface area (TPSA) is 57.1 Å². The summed E-state index contributed by atoms with van der Waals surface area (Å²) >= 11 is 0. The van der Waals surface area contributed by atoms with Crippen molar-refractivity contribution in [1.29, 1.82) is 0 Å². The third kappa shape index (κ3) is 6.89. The van der Waals surface area contributed by atoms with Crippen LogP contribution in [0, 0.1) is 0 Å². The number of unbranched alkanes of at least 4 members (excludes halogenated alkanes) is 1. The lowest BCUT2D eigenvalue weighted by atomic mass is 10.2. The van der Waals surface area contributed by atoms with Crippen molar-refractivity contribution in [2.24, 2.45) is 4.99 Å². The average molecular weight is 333 g/mol. The lowest BCUT2D eigenvalue weighted by Crippen LogP contribution is -2.40. The first-order valence-corrected chi connectivity index (χ1v) is 9.12. The number of aliphatic imine (C=N–C) groups is 1. The maximum Gasteiger partial charge on any atom is 0.194 e. The fraction of sp³-hybridized carbons (Fsp3) is 0.632.